The Labute approximate surface area is 147 Å². The third-order valence-electron chi connectivity index (χ3n) is 5.07. The largest absolute Gasteiger partial charge is 0.507 e. The van der Waals surface area contributed by atoms with Crippen molar-refractivity contribution >= 4 is 21.9 Å². The lowest BCUT2D eigenvalue weighted by atomic mass is 9.95. The maximum absolute atomic E-state index is 13.1. The predicted molar refractivity (Wildman–Crippen MR) is 91.9 cm³/mol. The number of aromatic hydroxyl groups is 1. The van der Waals surface area contributed by atoms with E-state index in [9.17, 15) is 9.90 Å². The number of fused-ring (bicyclic) bond motifs is 6. The Morgan fingerprint density at radius 1 is 1.23 bits per heavy atom. The van der Waals surface area contributed by atoms with Crippen LogP contribution < -0.4 is 14.9 Å². The zero-order valence-electron chi connectivity index (χ0n) is 14.1. The minimum atomic E-state index is -0.490. The molecule has 7 heteroatoms. The van der Waals surface area contributed by atoms with Gasteiger partial charge in [-0.2, -0.15) is 0 Å². The number of methoxy groups -OCH3 is 2. The van der Waals surface area contributed by atoms with E-state index < -0.39 is 6.29 Å². The van der Waals surface area contributed by atoms with Gasteiger partial charge in [0.2, 0.25) is 11.7 Å². The molecule has 0 amide bonds. The Morgan fingerprint density at radius 2 is 2.08 bits per heavy atom. The highest BCUT2D eigenvalue weighted by atomic mass is 16.8. The van der Waals surface area contributed by atoms with Crippen LogP contribution in [0.3, 0.4) is 0 Å². The van der Waals surface area contributed by atoms with Crippen LogP contribution in [0, 0.1) is 0 Å². The van der Waals surface area contributed by atoms with Gasteiger partial charge in [-0.05, 0) is 12.1 Å². The zero-order chi connectivity index (χ0) is 18.0. The summed E-state index contributed by atoms with van der Waals surface area (Å²) in [6.07, 6.45) is -0.265. The van der Waals surface area contributed by atoms with E-state index in [1.807, 2.05) is 0 Å². The predicted octanol–water partition coefficient (Wildman–Crippen LogP) is 2.86. The standard InChI is InChI=1S/C19H16O7/c1-22-11-7-12-14(8-6-13(23-2)26-19(8)25-12)18-16(11)17(21)15-9(20)4-3-5-10(15)24-18/h3-5,7-8,13,19-20H,6H2,1-2H3. The van der Waals surface area contributed by atoms with E-state index >= 15 is 0 Å². The molecule has 7 nitrogen and oxygen atoms in total. The van der Waals surface area contributed by atoms with Crippen LogP contribution in [0.1, 0.15) is 17.9 Å². The number of hydrogen-bond acceptors (Lipinski definition) is 7. The quantitative estimate of drug-likeness (QED) is 0.707. The molecule has 3 heterocycles. The van der Waals surface area contributed by atoms with Gasteiger partial charge in [-0.25, -0.2) is 0 Å². The van der Waals surface area contributed by atoms with Crippen molar-refractivity contribution in [3.05, 3.63) is 40.1 Å². The molecule has 134 valence electrons. The first kappa shape index (κ1) is 15.5. The lowest BCUT2D eigenvalue weighted by molar-refractivity contribution is -0.162. The van der Waals surface area contributed by atoms with Crippen LogP contribution in [0.15, 0.2) is 33.5 Å². The molecule has 1 fully saturated rings. The second kappa shape index (κ2) is 5.36. The van der Waals surface area contributed by atoms with Crippen molar-refractivity contribution in [1.29, 1.82) is 0 Å². The van der Waals surface area contributed by atoms with Gasteiger partial charge in [0.05, 0.1) is 13.0 Å². The summed E-state index contributed by atoms with van der Waals surface area (Å²) in [5, 5.41) is 10.5. The summed E-state index contributed by atoms with van der Waals surface area (Å²) in [4.78, 5) is 13.1. The van der Waals surface area contributed by atoms with E-state index in [0.717, 1.165) is 5.56 Å². The van der Waals surface area contributed by atoms with Gasteiger partial charge >= 0.3 is 0 Å². The highest BCUT2D eigenvalue weighted by Crippen LogP contribution is 2.51. The number of ether oxygens (including phenoxy) is 4. The SMILES string of the molecule is COc1cc2c(c3oc4cccc(O)c4c(=O)c13)C1CC(OC)OC1O2. The van der Waals surface area contributed by atoms with Gasteiger partial charge in [0.15, 0.2) is 6.29 Å². The maximum atomic E-state index is 13.1. The van der Waals surface area contributed by atoms with Crippen LogP contribution in [0.4, 0.5) is 0 Å². The fourth-order valence-electron chi connectivity index (χ4n) is 3.89. The molecule has 0 radical (unpaired) electrons. The van der Waals surface area contributed by atoms with Gasteiger partial charge < -0.3 is 28.5 Å². The number of hydrogen-bond donors (Lipinski definition) is 1. The molecule has 5 rings (SSSR count). The molecule has 3 aromatic rings. The van der Waals surface area contributed by atoms with Gasteiger partial charge in [-0.1, -0.05) is 6.07 Å². The van der Waals surface area contributed by atoms with Crippen LogP contribution in [-0.4, -0.2) is 31.9 Å². The molecule has 0 aliphatic carbocycles. The highest BCUT2D eigenvalue weighted by molar-refractivity contribution is 5.98. The number of phenols is 1. The Hall–Kier alpha value is -2.77. The first-order chi connectivity index (χ1) is 12.6. The number of phenolic OH excluding ortho intramolecular Hbond substituents is 1. The third kappa shape index (κ3) is 1.92. The van der Waals surface area contributed by atoms with Gasteiger partial charge in [-0.15, -0.1) is 0 Å². The summed E-state index contributed by atoms with van der Waals surface area (Å²) in [6.45, 7) is 0. The molecule has 1 aromatic heterocycles. The summed E-state index contributed by atoms with van der Waals surface area (Å²) in [5.41, 5.74) is 1.14. The second-order valence-electron chi connectivity index (χ2n) is 6.41. The van der Waals surface area contributed by atoms with Crippen molar-refractivity contribution in [3.8, 4) is 17.2 Å². The molecule has 0 saturated carbocycles. The lowest BCUT2D eigenvalue weighted by Crippen LogP contribution is -2.17. The highest BCUT2D eigenvalue weighted by Gasteiger charge is 2.46. The monoisotopic (exact) mass is 356 g/mol. The molecule has 2 aliphatic heterocycles. The molecule has 1 N–H and O–H groups in total. The van der Waals surface area contributed by atoms with E-state index in [1.54, 1.807) is 25.3 Å². The topological polar surface area (TPSA) is 87.4 Å². The molecule has 3 atom stereocenters. The smallest absolute Gasteiger partial charge is 0.209 e. The first-order valence-corrected chi connectivity index (χ1v) is 8.26. The normalized spacial score (nSPS) is 23.8. The van der Waals surface area contributed by atoms with Gasteiger partial charge in [-0.3, -0.25) is 4.79 Å². The van der Waals surface area contributed by atoms with Gasteiger partial charge in [0.25, 0.3) is 0 Å². The summed E-state index contributed by atoms with van der Waals surface area (Å²) in [7, 11) is 3.05. The van der Waals surface area contributed by atoms with Crippen molar-refractivity contribution in [2.45, 2.75) is 24.9 Å². The van der Waals surface area contributed by atoms with Gasteiger partial charge in [0.1, 0.15) is 39.2 Å². The second-order valence-corrected chi connectivity index (χ2v) is 6.41. The summed E-state index contributed by atoms with van der Waals surface area (Å²) < 4.78 is 28.4. The van der Waals surface area contributed by atoms with E-state index in [1.165, 1.54) is 13.2 Å². The lowest BCUT2D eigenvalue weighted by Gasteiger charge is -2.13. The van der Waals surface area contributed by atoms with Crippen LogP contribution in [-0.2, 0) is 9.47 Å². The average Bonchev–Trinajstić information content (AvgIpc) is 3.17. The first-order valence-electron chi connectivity index (χ1n) is 8.26. The Balaban J connectivity index is 1.88. The zero-order valence-corrected chi connectivity index (χ0v) is 14.1. The average molecular weight is 356 g/mol. The van der Waals surface area contributed by atoms with Crippen molar-refractivity contribution in [1.82, 2.24) is 0 Å². The van der Waals surface area contributed by atoms with Crippen LogP contribution in [0.25, 0.3) is 21.9 Å². The Kier molecular flexibility index (Phi) is 3.19. The van der Waals surface area contributed by atoms with Crippen LogP contribution in [0.2, 0.25) is 0 Å². The summed E-state index contributed by atoms with van der Waals surface area (Å²) in [6, 6.07) is 6.41. The summed E-state index contributed by atoms with van der Waals surface area (Å²) in [5.74, 6) is 0.669. The van der Waals surface area contributed by atoms with Crippen molar-refractivity contribution < 1.29 is 28.5 Å². The molecular weight excluding hydrogens is 340 g/mol. The Bertz CT molecular complexity index is 1100. The molecule has 2 aliphatic rings. The molecule has 1 saturated heterocycles. The summed E-state index contributed by atoms with van der Waals surface area (Å²) >= 11 is 0. The van der Waals surface area contributed by atoms with Gasteiger partial charge in [0, 0.05) is 25.2 Å². The van der Waals surface area contributed by atoms with Crippen molar-refractivity contribution in [2.75, 3.05) is 14.2 Å². The minimum absolute atomic E-state index is 0.110. The van der Waals surface area contributed by atoms with E-state index in [2.05, 4.69) is 0 Å². The minimum Gasteiger partial charge on any atom is -0.507 e. The molecule has 2 aromatic carbocycles. The molecule has 3 unspecified atom stereocenters. The third-order valence-corrected chi connectivity index (χ3v) is 5.07. The number of benzene rings is 2. The van der Waals surface area contributed by atoms with E-state index in [4.69, 9.17) is 23.4 Å². The van der Waals surface area contributed by atoms with Crippen molar-refractivity contribution in [2.24, 2.45) is 0 Å². The van der Waals surface area contributed by atoms with Crippen molar-refractivity contribution in [3.63, 3.8) is 0 Å². The van der Waals surface area contributed by atoms with Crippen LogP contribution in [0.5, 0.6) is 17.2 Å². The fourth-order valence-corrected chi connectivity index (χ4v) is 3.89. The van der Waals surface area contributed by atoms with E-state index in [0.29, 0.717) is 29.1 Å². The molecular formula is C19H16O7. The van der Waals surface area contributed by atoms with E-state index in [-0.39, 0.29) is 34.2 Å². The fraction of sp³-hybridized carbons (Fsp3) is 0.316. The molecule has 0 spiro atoms. The Morgan fingerprint density at radius 3 is 2.85 bits per heavy atom. The van der Waals surface area contributed by atoms with Crippen LogP contribution >= 0.6 is 0 Å². The maximum Gasteiger partial charge on any atom is 0.209 e. The molecule has 0 bridgehead atoms. The molecule has 26 heavy (non-hydrogen) atoms. The number of rotatable bonds is 2.